The van der Waals surface area contributed by atoms with Crippen LogP contribution in [0.15, 0.2) is 30.3 Å². The van der Waals surface area contributed by atoms with Gasteiger partial charge in [-0.3, -0.25) is 4.79 Å². The highest BCUT2D eigenvalue weighted by atomic mass is 16.2. The molecule has 0 unspecified atom stereocenters. The summed E-state index contributed by atoms with van der Waals surface area (Å²) in [5.41, 5.74) is 0.884. The van der Waals surface area contributed by atoms with E-state index < -0.39 is 0 Å². The topological polar surface area (TPSA) is 72.7 Å². The molecule has 6 nitrogen and oxygen atoms in total. The Labute approximate surface area is 98.6 Å². The van der Waals surface area contributed by atoms with Crippen LogP contribution in [0.25, 0.3) is 11.4 Å². The molecule has 0 aliphatic carbocycles. The van der Waals surface area contributed by atoms with Gasteiger partial charge in [0.1, 0.15) is 6.54 Å². The molecule has 0 aliphatic rings. The summed E-state index contributed by atoms with van der Waals surface area (Å²) in [4.78, 5) is 12.6. The molecule has 2 rings (SSSR count). The van der Waals surface area contributed by atoms with Gasteiger partial charge in [-0.25, -0.2) is 0 Å². The number of benzene rings is 1. The second-order valence-electron chi connectivity index (χ2n) is 3.46. The molecule has 0 spiro atoms. The summed E-state index contributed by atoms with van der Waals surface area (Å²) in [6.45, 7) is 2.55. The monoisotopic (exact) mass is 231 g/mol. The number of rotatable bonds is 4. The first-order valence-corrected chi connectivity index (χ1v) is 5.39. The van der Waals surface area contributed by atoms with Gasteiger partial charge in [0.05, 0.1) is 0 Å². The zero-order valence-corrected chi connectivity index (χ0v) is 9.50. The van der Waals surface area contributed by atoms with Crippen LogP contribution in [0, 0.1) is 0 Å². The maximum Gasteiger partial charge on any atom is 0.243 e. The number of likely N-dealkylation sites (N-methyl/N-ethyl adjacent to an activating group) is 1. The van der Waals surface area contributed by atoms with Crippen molar-refractivity contribution in [2.24, 2.45) is 0 Å². The van der Waals surface area contributed by atoms with Crippen LogP contribution in [0.1, 0.15) is 6.92 Å². The molecule has 0 bridgehead atoms. The summed E-state index contributed by atoms with van der Waals surface area (Å²) in [5, 5.41) is 14.5. The molecule has 1 amide bonds. The Hall–Kier alpha value is -2.24. The zero-order chi connectivity index (χ0) is 12.1. The van der Waals surface area contributed by atoms with Crippen molar-refractivity contribution in [3.05, 3.63) is 30.3 Å². The van der Waals surface area contributed by atoms with E-state index in [2.05, 4.69) is 20.7 Å². The number of nitrogens with one attached hydrogen (secondary N) is 1. The molecule has 0 saturated heterocycles. The van der Waals surface area contributed by atoms with E-state index >= 15 is 0 Å². The number of hydrogen-bond donors (Lipinski definition) is 1. The standard InChI is InChI=1S/C11H13N5O/c1-2-12-10(17)8-16-14-11(13-15-16)9-6-4-3-5-7-9/h3-7H,2,8H2,1H3,(H,12,17). The number of aromatic nitrogens is 4. The molecule has 1 heterocycles. The minimum atomic E-state index is -0.121. The van der Waals surface area contributed by atoms with Gasteiger partial charge >= 0.3 is 0 Å². The highest BCUT2D eigenvalue weighted by Crippen LogP contribution is 2.11. The van der Waals surface area contributed by atoms with Crippen LogP contribution in [0.5, 0.6) is 0 Å². The van der Waals surface area contributed by atoms with Gasteiger partial charge in [0, 0.05) is 12.1 Å². The molecule has 0 aliphatic heterocycles. The average Bonchev–Trinajstić information content (AvgIpc) is 2.79. The van der Waals surface area contributed by atoms with Crippen molar-refractivity contribution in [1.82, 2.24) is 25.5 Å². The minimum Gasteiger partial charge on any atom is -0.355 e. The molecule has 88 valence electrons. The molecule has 17 heavy (non-hydrogen) atoms. The van der Waals surface area contributed by atoms with E-state index in [-0.39, 0.29) is 12.5 Å². The van der Waals surface area contributed by atoms with E-state index in [1.165, 1.54) is 4.80 Å². The van der Waals surface area contributed by atoms with Crippen LogP contribution in [-0.4, -0.2) is 32.7 Å². The van der Waals surface area contributed by atoms with Gasteiger partial charge in [-0.2, -0.15) is 4.80 Å². The van der Waals surface area contributed by atoms with Gasteiger partial charge in [0.25, 0.3) is 0 Å². The lowest BCUT2D eigenvalue weighted by Crippen LogP contribution is -2.28. The molecular weight excluding hydrogens is 218 g/mol. The quantitative estimate of drug-likeness (QED) is 0.830. The van der Waals surface area contributed by atoms with E-state index in [0.717, 1.165) is 5.56 Å². The summed E-state index contributed by atoms with van der Waals surface area (Å²) in [5.74, 6) is 0.402. The first kappa shape index (κ1) is 11.3. The number of nitrogens with zero attached hydrogens (tertiary/aromatic N) is 4. The Morgan fingerprint density at radius 2 is 2.12 bits per heavy atom. The summed E-state index contributed by atoms with van der Waals surface area (Å²) < 4.78 is 0. The van der Waals surface area contributed by atoms with Crippen LogP contribution < -0.4 is 5.32 Å². The van der Waals surface area contributed by atoms with E-state index in [0.29, 0.717) is 12.4 Å². The first-order chi connectivity index (χ1) is 8.29. The number of tetrazole rings is 1. The van der Waals surface area contributed by atoms with E-state index in [1.54, 1.807) is 0 Å². The number of carbonyl (C=O) groups is 1. The molecule has 2 aromatic rings. The SMILES string of the molecule is CCNC(=O)Cn1nnc(-c2ccccc2)n1. The molecule has 0 fully saturated rings. The minimum absolute atomic E-state index is 0.0909. The van der Waals surface area contributed by atoms with Gasteiger partial charge < -0.3 is 5.32 Å². The molecule has 1 aromatic heterocycles. The fourth-order valence-corrected chi connectivity index (χ4v) is 1.39. The van der Waals surface area contributed by atoms with Crippen LogP contribution >= 0.6 is 0 Å². The fraction of sp³-hybridized carbons (Fsp3) is 0.273. The van der Waals surface area contributed by atoms with Crippen molar-refractivity contribution in [2.75, 3.05) is 6.54 Å². The lowest BCUT2D eigenvalue weighted by atomic mass is 10.2. The Kier molecular flexibility index (Phi) is 3.44. The average molecular weight is 231 g/mol. The predicted molar refractivity (Wildman–Crippen MR) is 61.9 cm³/mol. The summed E-state index contributed by atoms with van der Waals surface area (Å²) >= 11 is 0. The first-order valence-electron chi connectivity index (χ1n) is 5.39. The highest BCUT2D eigenvalue weighted by Gasteiger charge is 2.07. The summed E-state index contributed by atoms with van der Waals surface area (Å²) in [6.07, 6.45) is 0. The maximum atomic E-state index is 11.3. The van der Waals surface area contributed by atoms with Gasteiger partial charge in [-0.1, -0.05) is 30.3 Å². The molecule has 1 aromatic carbocycles. The van der Waals surface area contributed by atoms with Crippen molar-refractivity contribution in [1.29, 1.82) is 0 Å². The highest BCUT2D eigenvalue weighted by molar-refractivity contribution is 5.75. The predicted octanol–water partition coefficient (Wildman–Crippen LogP) is 0.476. The normalized spacial score (nSPS) is 10.2. The van der Waals surface area contributed by atoms with Crippen molar-refractivity contribution in [3.63, 3.8) is 0 Å². The molecule has 1 N–H and O–H groups in total. The fourth-order valence-electron chi connectivity index (χ4n) is 1.39. The van der Waals surface area contributed by atoms with Crippen LogP contribution in [0.2, 0.25) is 0 Å². The molecule has 0 radical (unpaired) electrons. The maximum absolute atomic E-state index is 11.3. The Bertz CT molecular complexity index is 494. The number of hydrogen-bond acceptors (Lipinski definition) is 4. The van der Waals surface area contributed by atoms with Crippen LogP contribution in [0.3, 0.4) is 0 Å². The third-order valence-electron chi connectivity index (χ3n) is 2.14. The van der Waals surface area contributed by atoms with Gasteiger partial charge in [-0.15, -0.1) is 10.2 Å². The number of carbonyl (C=O) groups excluding carboxylic acids is 1. The van der Waals surface area contributed by atoms with E-state index in [4.69, 9.17) is 0 Å². The van der Waals surface area contributed by atoms with Crippen molar-refractivity contribution in [2.45, 2.75) is 13.5 Å². The Balaban J connectivity index is 2.09. The second-order valence-corrected chi connectivity index (χ2v) is 3.46. The van der Waals surface area contributed by atoms with E-state index in [1.807, 2.05) is 37.3 Å². The zero-order valence-electron chi connectivity index (χ0n) is 9.50. The number of amides is 1. The van der Waals surface area contributed by atoms with Crippen molar-refractivity contribution < 1.29 is 4.79 Å². The van der Waals surface area contributed by atoms with Gasteiger partial charge in [0.2, 0.25) is 11.7 Å². The second kappa shape index (κ2) is 5.20. The molecule has 6 heteroatoms. The Morgan fingerprint density at radius 1 is 1.35 bits per heavy atom. The lowest BCUT2D eigenvalue weighted by Gasteiger charge is -1.99. The third-order valence-corrected chi connectivity index (χ3v) is 2.14. The molecule has 0 saturated carbocycles. The van der Waals surface area contributed by atoms with Crippen LogP contribution in [0.4, 0.5) is 0 Å². The molecule has 0 atom stereocenters. The Morgan fingerprint density at radius 3 is 2.82 bits per heavy atom. The summed E-state index contributed by atoms with van der Waals surface area (Å²) in [6, 6.07) is 9.52. The largest absolute Gasteiger partial charge is 0.355 e. The van der Waals surface area contributed by atoms with Gasteiger partial charge in [0.15, 0.2) is 0 Å². The third kappa shape index (κ3) is 2.87. The lowest BCUT2D eigenvalue weighted by molar-refractivity contribution is -0.121. The smallest absolute Gasteiger partial charge is 0.243 e. The van der Waals surface area contributed by atoms with Gasteiger partial charge in [-0.05, 0) is 12.1 Å². The van der Waals surface area contributed by atoms with Crippen molar-refractivity contribution >= 4 is 5.91 Å². The summed E-state index contributed by atoms with van der Waals surface area (Å²) in [7, 11) is 0. The molecular formula is C11H13N5O. The van der Waals surface area contributed by atoms with Crippen LogP contribution in [-0.2, 0) is 11.3 Å². The van der Waals surface area contributed by atoms with Crippen molar-refractivity contribution in [3.8, 4) is 11.4 Å². The van der Waals surface area contributed by atoms with E-state index in [9.17, 15) is 4.79 Å².